The maximum absolute atomic E-state index is 12.3. The van der Waals surface area contributed by atoms with Gasteiger partial charge in [0.2, 0.25) is 11.8 Å². The van der Waals surface area contributed by atoms with Gasteiger partial charge in [-0.1, -0.05) is 29.8 Å². The number of carbonyl (C=O) groups is 3. The molecule has 1 aromatic carbocycles. The number of nitrogens with zero attached hydrogens (tertiary/aromatic N) is 1. The van der Waals surface area contributed by atoms with Crippen molar-refractivity contribution < 1.29 is 19.1 Å². The highest BCUT2D eigenvalue weighted by Gasteiger charge is 2.23. The van der Waals surface area contributed by atoms with E-state index in [9.17, 15) is 14.4 Å². The lowest BCUT2D eigenvalue weighted by atomic mass is 9.96. The van der Waals surface area contributed by atoms with Gasteiger partial charge in [-0.3, -0.25) is 9.59 Å². The van der Waals surface area contributed by atoms with Crippen molar-refractivity contribution in [2.45, 2.75) is 52.6 Å². The molecule has 7 nitrogen and oxygen atoms in total. The molecule has 1 aliphatic rings. The summed E-state index contributed by atoms with van der Waals surface area (Å²) in [6, 6.07) is 7.98. The number of ether oxygens (including phenoxy) is 1. The van der Waals surface area contributed by atoms with Gasteiger partial charge in [-0.2, -0.15) is 0 Å². The highest BCUT2D eigenvalue weighted by Crippen LogP contribution is 2.17. The zero-order chi connectivity index (χ0) is 22.9. The molecule has 1 heterocycles. The molecule has 31 heavy (non-hydrogen) atoms. The summed E-state index contributed by atoms with van der Waals surface area (Å²) in [4.78, 5) is 37.9. The molecular formula is C24H35N3O4. The molecule has 1 aliphatic heterocycles. The molecule has 0 unspecified atom stereocenters. The van der Waals surface area contributed by atoms with Crippen LogP contribution in [0.3, 0.4) is 0 Å². The fourth-order valence-electron chi connectivity index (χ4n) is 3.38. The Labute approximate surface area is 185 Å². The number of amides is 3. The summed E-state index contributed by atoms with van der Waals surface area (Å²) < 4.78 is 5.16. The first-order valence-corrected chi connectivity index (χ1v) is 10.9. The van der Waals surface area contributed by atoms with Gasteiger partial charge in [0.1, 0.15) is 5.60 Å². The van der Waals surface area contributed by atoms with Crippen LogP contribution in [0.1, 0.15) is 51.2 Å². The average molecular weight is 430 g/mol. The van der Waals surface area contributed by atoms with E-state index in [0.29, 0.717) is 25.6 Å². The Hall–Kier alpha value is -2.83. The molecule has 2 rings (SSSR count). The van der Waals surface area contributed by atoms with Crippen molar-refractivity contribution in [1.29, 1.82) is 0 Å². The fourth-order valence-corrected chi connectivity index (χ4v) is 3.38. The summed E-state index contributed by atoms with van der Waals surface area (Å²) in [6.07, 6.45) is 4.83. The molecular weight excluding hydrogens is 394 g/mol. The second-order valence-electron chi connectivity index (χ2n) is 9.00. The van der Waals surface area contributed by atoms with Crippen molar-refractivity contribution >= 4 is 24.0 Å². The number of nitrogens with one attached hydrogen (secondary N) is 2. The third-order valence-electron chi connectivity index (χ3n) is 5.01. The quantitative estimate of drug-likeness (QED) is 0.651. The molecule has 1 saturated heterocycles. The minimum atomic E-state index is -0.554. The van der Waals surface area contributed by atoms with E-state index in [4.69, 9.17) is 4.74 Å². The van der Waals surface area contributed by atoms with Crippen molar-refractivity contribution in [3.05, 3.63) is 41.5 Å². The van der Waals surface area contributed by atoms with Gasteiger partial charge in [-0.25, -0.2) is 4.79 Å². The number of piperidine rings is 1. The Morgan fingerprint density at radius 2 is 1.87 bits per heavy atom. The molecule has 0 bridgehead atoms. The van der Waals surface area contributed by atoms with E-state index in [1.54, 1.807) is 26.8 Å². The molecule has 0 spiro atoms. The zero-order valence-corrected chi connectivity index (χ0v) is 19.1. The van der Waals surface area contributed by atoms with E-state index >= 15 is 0 Å². The van der Waals surface area contributed by atoms with Crippen molar-refractivity contribution in [3.8, 4) is 0 Å². The van der Waals surface area contributed by atoms with Crippen molar-refractivity contribution in [2.75, 3.05) is 26.2 Å². The van der Waals surface area contributed by atoms with E-state index in [1.165, 1.54) is 0 Å². The van der Waals surface area contributed by atoms with E-state index in [-0.39, 0.29) is 24.8 Å². The average Bonchev–Trinajstić information content (AvgIpc) is 2.69. The van der Waals surface area contributed by atoms with Gasteiger partial charge in [0.15, 0.2) is 0 Å². The Morgan fingerprint density at radius 1 is 1.16 bits per heavy atom. The predicted molar refractivity (Wildman–Crippen MR) is 121 cm³/mol. The third kappa shape index (κ3) is 9.68. The monoisotopic (exact) mass is 429 g/mol. The second kappa shape index (κ2) is 11.5. The molecule has 0 aliphatic carbocycles. The maximum atomic E-state index is 12.3. The van der Waals surface area contributed by atoms with E-state index in [2.05, 4.69) is 10.6 Å². The zero-order valence-electron chi connectivity index (χ0n) is 19.1. The van der Waals surface area contributed by atoms with Gasteiger partial charge < -0.3 is 20.3 Å². The molecule has 7 heteroatoms. The highest BCUT2D eigenvalue weighted by molar-refractivity contribution is 5.91. The number of likely N-dealkylation sites (tertiary alicyclic amines) is 1. The van der Waals surface area contributed by atoms with Gasteiger partial charge in [0.05, 0.1) is 0 Å². The molecule has 2 N–H and O–H groups in total. The number of hydrogen-bond acceptors (Lipinski definition) is 4. The van der Waals surface area contributed by atoms with Crippen LogP contribution in [0, 0.1) is 12.8 Å². The van der Waals surface area contributed by atoms with E-state index in [0.717, 1.165) is 24.0 Å². The molecule has 0 radical (unpaired) electrons. The van der Waals surface area contributed by atoms with Crippen LogP contribution in [0.25, 0.3) is 6.08 Å². The summed E-state index contributed by atoms with van der Waals surface area (Å²) in [5, 5.41) is 5.57. The van der Waals surface area contributed by atoms with Gasteiger partial charge in [-0.05, 0) is 58.1 Å². The molecule has 0 aromatic heterocycles. The Bertz CT molecular complexity index is 790. The van der Waals surface area contributed by atoms with Crippen LogP contribution in [0.5, 0.6) is 0 Å². The van der Waals surface area contributed by atoms with Crippen LogP contribution >= 0.6 is 0 Å². The van der Waals surface area contributed by atoms with Crippen LogP contribution in [0.2, 0.25) is 0 Å². The van der Waals surface area contributed by atoms with Crippen molar-refractivity contribution in [1.82, 2.24) is 15.5 Å². The van der Waals surface area contributed by atoms with Crippen molar-refractivity contribution in [2.24, 2.45) is 5.92 Å². The topological polar surface area (TPSA) is 87.7 Å². The SMILES string of the molecule is Cc1cccc(/C=C/C(=O)NCC2CCN(C(=O)CCNC(=O)OC(C)(C)C)CC2)c1. The molecule has 3 amide bonds. The smallest absolute Gasteiger partial charge is 0.407 e. The van der Waals surface area contributed by atoms with E-state index in [1.807, 2.05) is 42.2 Å². The van der Waals surface area contributed by atoms with E-state index < -0.39 is 11.7 Å². The molecule has 0 saturated carbocycles. The molecule has 170 valence electrons. The summed E-state index contributed by atoms with van der Waals surface area (Å²) in [5.74, 6) is 0.285. The normalized spacial score (nSPS) is 15.0. The Morgan fingerprint density at radius 3 is 2.52 bits per heavy atom. The minimum absolute atomic E-state index is 0.0274. The van der Waals surface area contributed by atoms with Crippen LogP contribution in [0.4, 0.5) is 4.79 Å². The number of aryl methyl sites for hydroxylation is 1. The second-order valence-corrected chi connectivity index (χ2v) is 9.00. The lowest BCUT2D eigenvalue weighted by Crippen LogP contribution is -2.42. The number of carbonyl (C=O) groups excluding carboxylic acids is 3. The number of alkyl carbamates (subject to hydrolysis) is 1. The number of hydrogen-bond donors (Lipinski definition) is 2. The van der Waals surface area contributed by atoms with Crippen LogP contribution in [0.15, 0.2) is 30.3 Å². The van der Waals surface area contributed by atoms with Gasteiger partial charge in [0, 0.05) is 38.7 Å². The van der Waals surface area contributed by atoms with Crippen LogP contribution in [-0.4, -0.2) is 54.6 Å². The number of rotatable bonds is 7. The van der Waals surface area contributed by atoms with Gasteiger partial charge in [0.25, 0.3) is 0 Å². The highest BCUT2D eigenvalue weighted by atomic mass is 16.6. The first-order chi connectivity index (χ1) is 14.6. The van der Waals surface area contributed by atoms with Gasteiger partial charge >= 0.3 is 6.09 Å². The summed E-state index contributed by atoms with van der Waals surface area (Å²) in [7, 11) is 0. The predicted octanol–water partition coefficient (Wildman–Crippen LogP) is 3.28. The summed E-state index contributed by atoms with van der Waals surface area (Å²) >= 11 is 0. The largest absolute Gasteiger partial charge is 0.444 e. The summed E-state index contributed by atoms with van der Waals surface area (Å²) in [6.45, 7) is 9.62. The molecule has 1 aromatic rings. The first-order valence-electron chi connectivity index (χ1n) is 10.9. The maximum Gasteiger partial charge on any atom is 0.407 e. The molecule has 0 atom stereocenters. The first kappa shape index (κ1) is 24.4. The molecule has 1 fully saturated rings. The Kier molecular flexibility index (Phi) is 9.09. The lowest BCUT2D eigenvalue weighted by molar-refractivity contribution is -0.132. The standard InChI is InChI=1S/C24H35N3O4/c1-18-6-5-7-19(16-18)8-9-21(28)26-17-20-11-14-27(15-12-20)22(29)10-13-25-23(30)31-24(2,3)4/h5-9,16,20H,10-15,17H2,1-4H3,(H,25,30)(H,26,28)/b9-8+. The van der Waals surface area contributed by atoms with Crippen LogP contribution < -0.4 is 10.6 Å². The summed E-state index contributed by atoms with van der Waals surface area (Å²) in [5.41, 5.74) is 1.61. The lowest BCUT2D eigenvalue weighted by Gasteiger charge is -2.32. The fraction of sp³-hybridized carbons (Fsp3) is 0.542. The third-order valence-corrected chi connectivity index (χ3v) is 5.01. The number of benzene rings is 1. The Balaban J connectivity index is 1.62. The van der Waals surface area contributed by atoms with Crippen LogP contribution in [-0.2, 0) is 14.3 Å². The minimum Gasteiger partial charge on any atom is -0.444 e. The van der Waals surface area contributed by atoms with Gasteiger partial charge in [-0.15, -0.1) is 0 Å². The van der Waals surface area contributed by atoms with Crippen molar-refractivity contribution in [3.63, 3.8) is 0 Å².